The highest BCUT2D eigenvalue weighted by Crippen LogP contribution is 2.10. The topological polar surface area (TPSA) is 101 Å². The van der Waals surface area contributed by atoms with Crippen LogP contribution in [-0.2, 0) is 9.47 Å². The molecule has 2 amide bonds. The minimum Gasteiger partial charge on any atom is -0.452 e. The Hall–Kier alpha value is -3.68. The normalized spacial score (nSPS) is 11.5. The minimum absolute atomic E-state index is 0.332. The molecule has 0 unspecified atom stereocenters. The summed E-state index contributed by atoms with van der Waals surface area (Å²) >= 11 is 0. The van der Waals surface area contributed by atoms with E-state index in [0.29, 0.717) is 22.6 Å². The highest BCUT2D eigenvalue weighted by Gasteiger charge is 2.16. The van der Waals surface area contributed by atoms with Gasteiger partial charge in [-0.25, -0.2) is 20.4 Å². The van der Waals surface area contributed by atoms with Crippen molar-refractivity contribution in [2.75, 3.05) is 14.2 Å². The fourth-order valence-electron chi connectivity index (χ4n) is 1.99. The lowest BCUT2D eigenvalue weighted by Crippen LogP contribution is -2.28. The van der Waals surface area contributed by atoms with Crippen molar-refractivity contribution < 1.29 is 19.1 Å². The van der Waals surface area contributed by atoms with Crippen LogP contribution in [-0.4, -0.2) is 37.8 Å². The van der Waals surface area contributed by atoms with E-state index in [0.717, 1.165) is 0 Å². The molecule has 0 radical (unpaired) electrons. The van der Waals surface area contributed by atoms with E-state index in [1.54, 1.807) is 24.3 Å². The molecule has 0 atom stereocenters. The molecule has 0 bridgehead atoms. The van der Waals surface area contributed by atoms with Gasteiger partial charge in [0.2, 0.25) is 0 Å². The van der Waals surface area contributed by atoms with Gasteiger partial charge in [0.25, 0.3) is 0 Å². The number of methoxy groups -OCH3 is 2. The summed E-state index contributed by atoms with van der Waals surface area (Å²) in [5.74, 6) is 0. The Balaban J connectivity index is 2.53. The molecule has 0 aromatic heterocycles. The van der Waals surface area contributed by atoms with Crippen LogP contribution in [0.15, 0.2) is 70.9 Å². The van der Waals surface area contributed by atoms with Crippen LogP contribution in [0.2, 0.25) is 0 Å². The highest BCUT2D eigenvalue weighted by atomic mass is 16.5. The van der Waals surface area contributed by atoms with E-state index in [1.807, 2.05) is 36.4 Å². The maximum Gasteiger partial charge on any atom is 0.427 e. The van der Waals surface area contributed by atoms with E-state index in [-0.39, 0.29) is 0 Å². The molecule has 2 rings (SSSR count). The number of hydrazone groups is 2. The second-order valence-corrected chi connectivity index (χ2v) is 4.86. The molecular weight excluding hydrogens is 336 g/mol. The number of ether oxygens (including phenoxy) is 2. The van der Waals surface area contributed by atoms with E-state index >= 15 is 0 Å². The van der Waals surface area contributed by atoms with Crippen molar-refractivity contribution in [1.82, 2.24) is 10.9 Å². The molecule has 0 spiro atoms. The molecule has 26 heavy (non-hydrogen) atoms. The zero-order chi connectivity index (χ0) is 18.8. The molecule has 0 heterocycles. The van der Waals surface area contributed by atoms with Crippen LogP contribution in [0.1, 0.15) is 11.1 Å². The third kappa shape index (κ3) is 5.17. The summed E-state index contributed by atoms with van der Waals surface area (Å²) in [6.07, 6.45) is -1.46. The van der Waals surface area contributed by atoms with Gasteiger partial charge in [0.15, 0.2) is 0 Å². The fraction of sp³-hybridized carbons (Fsp3) is 0.111. The summed E-state index contributed by atoms with van der Waals surface area (Å²) in [5, 5.41) is 8.23. The second kappa shape index (κ2) is 9.58. The van der Waals surface area contributed by atoms with E-state index < -0.39 is 12.2 Å². The molecular formula is C18H18N4O4. The van der Waals surface area contributed by atoms with E-state index in [4.69, 9.17) is 0 Å². The largest absolute Gasteiger partial charge is 0.452 e. The van der Waals surface area contributed by atoms with Crippen LogP contribution in [0, 0.1) is 0 Å². The van der Waals surface area contributed by atoms with Crippen molar-refractivity contribution in [1.29, 1.82) is 0 Å². The van der Waals surface area contributed by atoms with Crippen LogP contribution >= 0.6 is 0 Å². The predicted molar refractivity (Wildman–Crippen MR) is 97.0 cm³/mol. The van der Waals surface area contributed by atoms with Crippen LogP contribution < -0.4 is 10.9 Å². The molecule has 0 aliphatic heterocycles. The Morgan fingerprint density at radius 2 is 1.04 bits per heavy atom. The summed E-state index contributed by atoms with van der Waals surface area (Å²) in [6, 6.07) is 18.2. The first kappa shape index (κ1) is 18.7. The Morgan fingerprint density at radius 1 is 0.692 bits per heavy atom. The predicted octanol–water partition coefficient (Wildman–Crippen LogP) is 2.51. The quantitative estimate of drug-likeness (QED) is 0.636. The first-order valence-electron chi connectivity index (χ1n) is 7.60. The SMILES string of the molecule is COC(=O)N/N=C(/C(=N/NC(=O)OC)c1ccccc1)c1ccccc1. The summed E-state index contributed by atoms with van der Waals surface area (Å²) in [6.45, 7) is 0. The van der Waals surface area contributed by atoms with Gasteiger partial charge in [0, 0.05) is 11.1 Å². The number of carbonyl (C=O) groups excluding carboxylic acids is 2. The Labute approximate surface area is 150 Å². The van der Waals surface area contributed by atoms with Gasteiger partial charge in [0.1, 0.15) is 11.4 Å². The number of amides is 2. The van der Waals surface area contributed by atoms with Gasteiger partial charge in [-0.15, -0.1) is 0 Å². The lowest BCUT2D eigenvalue weighted by Gasteiger charge is -2.11. The van der Waals surface area contributed by atoms with Crippen molar-refractivity contribution in [3.05, 3.63) is 71.8 Å². The van der Waals surface area contributed by atoms with Gasteiger partial charge in [-0.2, -0.15) is 10.2 Å². The minimum atomic E-state index is -0.730. The molecule has 0 saturated heterocycles. The Kier molecular flexibility index (Phi) is 6.87. The van der Waals surface area contributed by atoms with Crippen LogP contribution in [0.3, 0.4) is 0 Å². The fourth-order valence-corrected chi connectivity index (χ4v) is 1.99. The van der Waals surface area contributed by atoms with Crippen LogP contribution in [0.4, 0.5) is 9.59 Å². The van der Waals surface area contributed by atoms with Crippen molar-refractivity contribution in [2.24, 2.45) is 10.2 Å². The van der Waals surface area contributed by atoms with E-state index in [9.17, 15) is 9.59 Å². The van der Waals surface area contributed by atoms with Crippen molar-refractivity contribution in [3.63, 3.8) is 0 Å². The standard InChI is InChI=1S/C18H18N4O4/c1-25-17(23)21-19-15(13-9-5-3-6-10-13)16(20-22-18(24)26-2)14-11-7-4-8-12-14/h3-12H,1-2H3,(H,21,23)(H,22,24)/b19-15+,20-16+. The van der Waals surface area contributed by atoms with Crippen LogP contribution in [0.25, 0.3) is 0 Å². The summed E-state index contributed by atoms with van der Waals surface area (Å²) in [7, 11) is 2.47. The zero-order valence-electron chi connectivity index (χ0n) is 14.3. The smallest absolute Gasteiger partial charge is 0.427 e. The second-order valence-electron chi connectivity index (χ2n) is 4.86. The number of rotatable bonds is 5. The van der Waals surface area contributed by atoms with E-state index in [1.165, 1.54) is 14.2 Å². The molecule has 0 aliphatic carbocycles. The zero-order valence-corrected chi connectivity index (χ0v) is 14.3. The van der Waals surface area contributed by atoms with Gasteiger partial charge < -0.3 is 9.47 Å². The first-order valence-corrected chi connectivity index (χ1v) is 7.60. The maximum absolute atomic E-state index is 11.4. The molecule has 2 N–H and O–H groups in total. The first-order chi connectivity index (χ1) is 12.7. The van der Waals surface area contributed by atoms with Crippen molar-refractivity contribution >= 4 is 23.6 Å². The molecule has 2 aromatic rings. The average molecular weight is 354 g/mol. The van der Waals surface area contributed by atoms with Crippen molar-refractivity contribution in [2.45, 2.75) is 0 Å². The highest BCUT2D eigenvalue weighted by molar-refractivity contribution is 6.53. The monoisotopic (exact) mass is 354 g/mol. The molecule has 0 fully saturated rings. The molecule has 134 valence electrons. The summed E-state index contributed by atoms with van der Waals surface area (Å²) < 4.78 is 9.10. The molecule has 8 nitrogen and oxygen atoms in total. The summed E-state index contributed by atoms with van der Waals surface area (Å²) in [4.78, 5) is 22.9. The molecule has 8 heteroatoms. The van der Waals surface area contributed by atoms with Gasteiger partial charge >= 0.3 is 12.2 Å². The van der Waals surface area contributed by atoms with Crippen LogP contribution in [0.5, 0.6) is 0 Å². The lowest BCUT2D eigenvalue weighted by molar-refractivity contribution is 0.170. The van der Waals surface area contributed by atoms with Gasteiger partial charge in [-0.3, -0.25) is 0 Å². The number of nitrogens with zero attached hydrogens (tertiary/aromatic N) is 2. The lowest BCUT2D eigenvalue weighted by atomic mass is 10.00. The summed E-state index contributed by atoms with van der Waals surface area (Å²) in [5.41, 5.74) is 6.59. The number of carbonyl (C=O) groups is 2. The number of hydrogen-bond acceptors (Lipinski definition) is 6. The Bertz CT molecular complexity index is 735. The Morgan fingerprint density at radius 3 is 1.35 bits per heavy atom. The number of nitrogens with one attached hydrogen (secondary N) is 2. The molecule has 2 aromatic carbocycles. The third-order valence-electron chi connectivity index (χ3n) is 3.21. The van der Waals surface area contributed by atoms with E-state index in [2.05, 4.69) is 30.5 Å². The molecule has 0 aliphatic rings. The van der Waals surface area contributed by atoms with Gasteiger partial charge in [-0.05, 0) is 0 Å². The maximum atomic E-state index is 11.4. The van der Waals surface area contributed by atoms with Gasteiger partial charge in [-0.1, -0.05) is 60.7 Å². The average Bonchev–Trinajstić information content (AvgIpc) is 2.71. The van der Waals surface area contributed by atoms with Crippen molar-refractivity contribution in [3.8, 4) is 0 Å². The number of hydrogen-bond donors (Lipinski definition) is 2. The molecule has 0 saturated carbocycles. The number of benzene rings is 2. The van der Waals surface area contributed by atoms with Gasteiger partial charge in [0.05, 0.1) is 14.2 Å². The third-order valence-corrected chi connectivity index (χ3v) is 3.21.